The van der Waals surface area contributed by atoms with Gasteiger partial charge in [-0.1, -0.05) is 40.5 Å². The molecule has 0 radical (unpaired) electrons. The molecule has 118 valence electrons. The van der Waals surface area contributed by atoms with Gasteiger partial charge >= 0.3 is 0 Å². The Hall–Kier alpha value is -0.570. The summed E-state index contributed by atoms with van der Waals surface area (Å²) in [6.45, 7) is 11.7. The van der Waals surface area contributed by atoms with E-state index < -0.39 is 0 Å². The lowest BCUT2D eigenvalue weighted by molar-refractivity contribution is -0.133. The van der Waals surface area contributed by atoms with Gasteiger partial charge in [-0.2, -0.15) is 0 Å². The summed E-state index contributed by atoms with van der Waals surface area (Å²) in [5.41, 5.74) is 0. The maximum Gasteiger partial charge on any atom is 0.222 e. The smallest absolute Gasteiger partial charge is 0.222 e. The number of piperidine rings is 1. The molecule has 0 aromatic heterocycles. The number of carbonyl (C=O) groups is 1. The molecule has 1 heterocycles. The van der Waals surface area contributed by atoms with Crippen LogP contribution in [0, 0.1) is 11.8 Å². The number of amides is 1. The first-order chi connectivity index (χ1) is 9.56. The molecule has 1 N–H and O–H groups in total. The minimum absolute atomic E-state index is 0.321. The zero-order valence-corrected chi connectivity index (χ0v) is 14.0. The number of hydrogen-bond acceptors (Lipinski definition) is 2. The summed E-state index contributed by atoms with van der Waals surface area (Å²) in [5.74, 6) is 1.76. The summed E-state index contributed by atoms with van der Waals surface area (Å²) < 4.78 is 0. The highest BCUT2D eigenvalue weighted by Crippen LogP contribution is 2.22. The van der Waals surface area contributed by atoms with E-state index >= 15 is 0 Å². The Morgan fingerprint density at radius 2 is 2.05 bits per heavy atom. The number of nitrogens with one attached hydrogen (secondary N) is 1. The van der Waals surface area contributed by atoms with Gasteiger partial charge in [0.15, 0.2) is 0 Å². The third kappa shape index (κ3) is 6.25. The Morgan fingerprint density at radius 1 is 1.30 bits per heavy atom. The highest BCUT2D eigenvalue weighted by atomic mass is 16.2. The Morgan fingerprint density at radius 3 is 2.65 bits per heavy atom. The maximum atomic E-state index is 12.0. The Balaban J connectivity index is 2.48. The van der Waals surface area contributed by atoms with Crippen LogP contribution in [0.15, 0.2) is 0 Å². The molecule has 0 saturated carbocycles. The fraction of sp³-hybridized carbons (Fsp3) is 0.941. The SMILES string of the molecule is CCCCC1CC(NCCC(C)C)CN(C(=O)CC)C1. The van der Waals surface area contributed by atoms with Crippen LogP contribution in [0.2, 0.25) is 0 Å². The number of rotatable bonds is 8. The molecule has 1 aliphatic rings. The predicted octanol–water partition coefficient (Wildman–Crippen LogP) is 3.44. The van der Waals surface area contributed by atoms with Crippen LogP contribution in [0.4, 0.5) is 0 Å². The number of likely N-dealkylation sites (tertiary alicyclic amines) is 1. The number of hydrogen-bond donors (Lipinski definition) is 1. The largest absolute Gasteiger partial charge is 0.341 e. The Kier molecular flexibility index (Phi) is 8.20. The van der Waals surface area contributed by atoms with Crippen molar-refractivity contribution in [3.05, 3.63) is 0 Å². The van der Waals surface area contributed by atoms with Crippen molar-refractivity contribution in [3.8, 4) is 0 Å². The summed E-state index contributed by atoms with van der Waals surface area (Å²) >= 11 is 0. The predicted molar refractivity (Wildman–Crippen MR) is 85.7 cm³/mol. The molecule has 1 amide bonds. The Bertz CT molecular complexity index is 278. The topological polar surface area (TPSA) is 32.3 Å². The van der Waals surface area contributed by atoms with Gasteiger partial charge in [-0.05, 0) is 37.6 Å². The molecular weight excluding hydrogens is 248 g/mol. The van der Waals surface area contributed by atoms with Gasteiger partial charge in [-0.3, -0.25) is 4.79 Å². The van der Waals surface area contributed by atoms with Gasteiger partial charge in [0.05, 0.1) is 0 Å². The summed E-state index contributed by atoms with van der Waals surface area (Å²) in [5, 5.41) is 3.67. The van der Waals surface area contributed by atoms with Crippen LogP contribution in [0.3, 0.4) is 0 Å². The molecule has 1 rings (SSSR count). The molecule has 0 aromatic rings. The van der Waals surface area contributed by atoms with E-state index in [4.69, 9.17) is 0 Å². The molecule has 3 heteroatoms. The van der Waals surface area contributed by atoms with E-state index in [1.807, 2.05) is 6.92 Å². The number of nitrogens with zero attached hydrogens (tertiary/aromatic N) is 1. The van der Waals surface area contributed by atoms with Crippen molar-refractivity contribution >= 4 is 5.91 Å². The molecule has 1 fully saturated rings. The molecule has 2 atom stereocenters. The van der Waals surface area contributed by atoms with Crippen molar-refractivity contribution in [2.24, 2.45) is 11.8 Å². The lowest BCUT2D eigenvalue weighted by atomic mass is 9.89. The third-order valence-electron chi connectivity index (χ3n) is 4.31. The molecule has 3 nitrogen and oxygen atoms in total. The number of carbonyl (C=O) groups excluding carboxylic acids is 1. The van der Waals surface area contributed by atoms with Gasteiger partial charge in [0.1, 0.15) is 0 Å². The summed E-state index contributed by atoms with van der Waals surface area (Å²) in [7, 11) is 0. The highest BCUT2D eigenvalue weighted by Gasteiger charge is 2.28. The van der Waals surface area contributed by atoms with E-state index in [0.717, 1.165) is 25.6 Å². The fourth-order valence-corrected chi connectivity index (χ4v) is 3.06. The normalized spacial score (nSPS) is 23.4. The molecule has 1 aliphatic heterocycles. The standard InChI is InChI=1S/C17H34N2O/c1-5-7-8-15-11-16(18-10-9-14(3)4)13-19(12-15)17(20)6-2/h14-16,18H,5-13H2,1-4H3. The van der Waals surface area contributed by atoms with Gasteiger partial charge in [-0.15, -0.1) is 0 Å². The molecule has 2 unspecified atom stereocenters. The quantitative estimate of drug-likeness (QED) is 0.739. The number of unbranched alkanes of at least 4 members (excludes halogenated alkanes) is 1. The van der Waals surface area contributed by atoms with Crippen LogP contribution < -0.4 is 5.32 Å². The zero-order valence-electron chi connectivity index (χ0n) is 14.0. The van der Waals surface area contributed by atoms with Crippen LogP contribution in [0.25, 0.3) is 0 Å². The van der Waals surface area contributed by atoms with E-state index in [-0.39, 0.29) is 0 Å². The van der Waals surface area contributed by atoms with Gasteiger partial charge in [-0.25, -0.2) is 0 Å². The van der Waals surface area contributed by atoms with Crippen LogP contribution in [0.1, 0.15) is 66.2 Å². The second-order valence-corrected chi connectivity index (χ2v) is 6.73. The highest BCUT2D eigenvalue weighted by molar-refractivity contribution is 5.76. The first-order valence-electron chi connectivity index (χ1n) is 8.57. The average molecular weight is 282 g/mol. The van der Waals surface area contributed by atoms with E-state index in [2.05, 4.69) is 31.0 Å². The van der Waals surface area contributed by atoms with Crippen molar-refractivity contribution in [2.45, 2.75) is 72.3 Å². The summed E-state index contributed by atoms with van der Waals surface area (Å²) in [6.07, 6.45) is 6.91. The second-order valence-electron chi connectivity index (χ2n) is 6.73. The first-order valence-corrected chi connectivity index (χ1v) is 8.57. The van der Waals surface area contributed by atoms with E-state index in [1.165, 1.54) is 32.1 Å². The molecule has 0 spiro atoms. The van der Waals surface area contributed by atoms with E-state index in [9.17, 15) is 4.79 Å². The zero-order chi connectivity index (χ0) is 15.0. The van der Waals surface area contributed by atoms with Crippen molar-refractivity contribution in [1.29, 1.82) is 0 Å². The van der Waals surface area contributed by atoms with Crippen LogP contribution >= 0.6 is 0 Å². The van der Waals surface area contributed by atoms with Gasteiger partial charge in [0.25, 0.3) is 0 Å². The minimum atomic E-state index is 0.321. The van der Waals surface area contributed by atoms with Gasteiger partial charge < -0.3 is 10.2 Å². The van der Waals surface area contributed by atoms with E-state index in [0.29, 0.717) is 24.3 Å². The van der Waals surface area contributed by atoms with Gasteiger partial charge in [0, 0.05) is 25.6 Å². The van der Waals surface area contributed by atoms with Crippen molar-refractivity contribution < 1.29 is 4.79 Å². The van der Waals surface area contributed by atoms with Crippen molar-refractivity contribution in [2.75, 3.05) is 19.6 Å². The van der Waals surface area contributed by atoms with Crippen molar-refractivity contribution in [3.63, 3.8) is 0 Å². The molecule has 20 heavy (non-hydrogen) atoms. The first kappa shape index (κ1) is 17.5. The second kappa shape index (κ2) is 9.38. The monoisotopic (exact) mass is 282 g/mol. The minimum Gasteiger partial charge on any atom is -0.341 e. The average Bonchev–Trinajstić information content (AvgIpc) is 2.43. The van der Waals surface area contributed by atoms with Crippen LogP contribution in [-0.2, 0) is 4.79 Å². The van der Waals surface area contributed by atoms with Gasteiger partial charge in [0.2, 0.25) is 5.91 Å². The Labute approximate surface area is 125 Å². The van der Waals surface area contributed by atoms with Crippen LogP contribution in [0.5, 0.6) is 0 Å². The molecule has 1 saturated heterocycles. The third-order valence-corrected chi connectivity index (χ3v) is 4.31. The maximum absolute atomic E-state index is 12.0. The van der Waals surface area contributed by atoms with E-state index in [1.54, 1.807) is 0 Å². The lowest BCUT2D eigenvalue weighted by Crippen LogP contribution is -2.51. The summed E-state index contributed by atoms with van der Waals surface area (Å²) in [6, 6.07) is 0.500. The molecular formula is C17H34N2O. The molecule has 0 aromatic carbocycles. The fourth-order valence-electron chi connectivity index (χ4n) is 3.06. The lowest BCUT2D eigenvalue weighted by Gasteiger charge is -2.38. The molecule has 0 bridgehead atoms. The molecule has 0 aliphatic carbocycles. The van der Waals surface area contributed by atoms with Crippen LogP contribution in [-0.4, -0.2) is 36.5 Å². The van der Waals surface area contributed by atoms with Crippen molar-refractivity contribution in [1.82, 2.24) is 10.2 Å². The summed E-state index contributed by atoms with van der Waals surface area (Å²) in [4.78, 5) is 14.1.